The van der Waals surface area contributed by atoms with Crippen LogP contribution in [0.4, 0.5) is 0 Å². The molecule has 1 unspecified atom stereocenters. The van der Waals surface area contributed by atoms with Crippen molar-refractivity contribution in [2.24, 2.45) is 11.8 Å². The first-order valence-corrected chi connectivity index (χ1v) is 6.67. The normalized spacial score (nSPS) is 20.8. The zero-order chi connectivity index (χ0) is 9.52. The molecule has 0 heterocycles. The van der Waals surface area contributed by atoms with E-state index < -0.39 is 0 Å². The van der Waals surface area contributed by atoms with Gasteiger partial charge in [-0.2, -0.15) is 11.8 Å². The lowest BCUT2D eigenvalue weighted by atomic mass is 10.1. The van der Waals surface area contributed by atoms with Crippen LogP contribution in [-0.4, -0.2) is 23.2 Å². The molecule has 1 atom stereocenters. The van der Waals surface area contributed by atoms with Gasteiger partial charge in [-0.1, -0.05) is 32.6 Å². The van der Waals surface area contributed by atoms with Gasteiger partial charge >= 0.3 is 0 Å². The van der Waals surface area contributed by atoms with E-state index in [1.165, 1.54) is 37.9 Å². The standard InChI is InChI=1S/C11H22OS/c1-10(8-12)9-13-7-6-11-4-2-3-5-11/h10-12H,2-9H2,1H3. The average Bonchev–Trinajstić information content (AvgIpc) is 2.64. The first-order chi connectivity index (χ1) is 6.33. The van der Waals surface area contributed by atoms with Gasteiger partial charge in [-0.3, -0.25) is 0 Å². The molecule has 1 nitrogen and oxygen atoms in total. The lowest BCUT2D eigenvalue weighted by Gasteiger charge is -2.10. The molecule has 1 aliphatic rings. The number of hydrogen-bond donors (Lipinski definition) is 1. The maximum Gasteiger partial charge on any atom is 0.0464 e. The highest BCUT2D eigenvalue weighted by molar-refractivity contribution is 7.99. The fourth-order valence-corrected chi connectivity index (χ4v) is 3.06. The summed E-state index contributed by atoms with van der Waals surface area (Å²) in [5.41, 5.74) is 0. The maximum atomic E-state index is 8.83. The molecule has 1 N–H and O–H groups in total. The second-order valence-electron chi connectivity index (χ2n) is 4.30. The van der Waals surface area contributed by atoms with E-state index in [-0.39, 0.29) is 0 Å². The van der Waals surface area contributed by atoms with Crippen molar-refractivity contribution >= 4 is 11.8 Å². The third-order valence-corrected chi connectivity index (χ3v) is 4.19. The summed E-state index contributed by atoms with van der Waals surface area (Å²) in [6.07, 6.45) is 7.26. The smallest absolute Gasteiger partial charge is 0.0464 e. The maximum absolute atomic E-state index is 8.83. The molecular formula is C11H22OS. The average molecular weight is 202 g/mol. The van der Waals surface area contributed by atoms with E-state index in [1.54, 1.807) is 0 Å². The summed E-state index contributed by atoms with van der Waals surface area (Å²) in [6.45, 7) is 2.46. The lowest BCUT2D eigenvalue weighted by Crippen LogP contribution is -2.04. The molecule has 0 aliphatic heterocycles. The fourth-order valence-electron chi connectivity index (χ4n) is 1.89. The minimum atomic E-state index is 0.344. The van der Waals surface area contributed by atoms with Gasteiger partial charge in [0.05, 0.1) is 0 Å². The molecule has 0 bridgehead atoms. The van der Waals surface area contributed by atoms with E-state index in [0.29, 0.717) is 12.5 Å². The van der Waals surface area contributed by atoms with Gasteiger partial charge in [0.1, 0.15) is 0 Å². The molecule has 1 aliphatic carbocycles. The highest BCUT2D eigenvalue weighted by Gasteiger charge is 2.14. The molecule has 13 heavy (non-hydrogen) atoms. The summed E-state index contributed by atoms with van der Waals surface area (Å²) in [5.74, 6) is 3.93. The monoisotopic (exact) mass is 202 g/mol. The zero-order valence-corrected chi connectivity index (χ0v) is 9.48. The number of aliphatic hydroxyl groups excluding tert-OH is 1. The van der Waals surface area contributed by atoms with E-state index in [4.69, 9.17) is 5.11 Å². The van der Waals surface area contributed by atoms with Gasteiger partial charge in [0.25, 0.3) is 0 Å². The van der Waals surface area contributed by atoms with Crippen LogP contribution in [0.1, 0.15) is 39.0 Å². The molecule has 1 fully saturated rings. The van der Waals surface area contributed by atoms with Crippen LogP contribution in [0.2, 0.25) is 0 Å². The van der Waals surface area contributed by atoms with Crippen LogP contribution in [0, 0.1) is 11.8 Å². The Bertz CT molecular complexity index is 121. The third kappa shape index (κ3) is 4.92. The first kappa shape index (κ1) is 11.4. The molecule has 0 amide bonds. The molecule has 0 spiro atoms. The lowest BCUT2D eigenvalue weighted by molar-refractivity contribution is 0.250. The van der Waals surface area contributed by atoms with Crippen molar-refractivity contribution in [3.63, 3.8) is 0 Å². The summed E-state index contributed by atoms with van der Waals surface area (Å²) in [6, 6.07) is 0. The van der Waals surface area contributed by atoms with Gasteiger partial charge in [0, 0.05) is 6.61 Å². The molecule has 2 heteroatoms. The predicted octanol–water partition coefficient (Wildman–Crippen LogP) is 2.93. The summed E-state index contributed by atoms with van der Waals surface area (Å²) in [4.78, 5) is 0. The molecule has 0 aromatic carbocycles. The molecule has 1 saturated carbocycles. The zero-order valence-electron chi connectivity index (χ0n) is 8.67. The van der Waals surface area contributed by atoms with Gasteiger partial charge < -0.3 is 5.11 Å². The Hall–Kier alpha value is 0.310. The number of aliphatic hydroxyl groups is 1. The Morgan fingerprint density at radius 3 is 2.69 bits per heavy atom. The van der Waals surface area contributed by atoms with Crippen molar-refractivity contribution < 1.29 is 5.11 Å². The molecule has 0 aromatic rings. The van der Waals surface area contributed by atoms with E-state index in [0.717, 1.165) is 11.7 Å². The highest BCUT2D eigenvalue weighted by Crippen LogP contribution is 2.28. The Labute approximate surface area is 86.3 Å². The van der Waals surface area contributed by atoms with Gasteiger partial charge in [-0.05, 0) is 29.8 Å². The Balaban J connectivity index is 1.88. The van der Waals surface area contributed by atoms with Crippen LogP contribution < -0.4 is 0 Å². The Morgan fingerprint density at radius 1 is 1.38 bits per heavy atom. The minimum Gasteiger partial charge on any atom is -0.396 e. The largest absolute Gasteiger partial charge is 0.396 e. The second kappa shape index (κ2) is 6.72. The fraction of sp³-hybridized carbons (Fsp3) is 1.00. The van der Waals surface area contributed by atoms with Crippen molar-refractivity contribution in [2.75, 3.05) is 18.1 Å². The van der Waals surface area contributed by atoms with Crippen LogP contribution in [-0.2, 0) is 0 Å². The summed E-state index contributed by atoms with van der Waals surface area (Å²) in [5, 5.41) is 8.83. The quantitative estimate of drug-likeness (QED) is 0.668. The van der Waals surface area contributed by atoms with Crippen molar-refractivity contribution in [2.45, 2.75) is 39.0 Å². The van der Waals surface area contributed by atoms with Crippen LogP contribution in [0.25, 0.3) is 0 Å². The molecular weight excluding hydrogens is 180 g/mol. The molecule has 0 radical (unpaired) electrons. The van der Waals surface area contributed by atoms with Crippen LogP contribution in [0.15, 0.2) is 0 Å². The van der Waals surface area contributed by atoms with E-state index in [9.17, 15) is 0 Å². The molecule has 0 saturated heterocycles. The topological polar surface area (TPSA) is 20.2 Å². The highest BCUT2D eigenvalue weighted by atomic mass is 32.2. The third-order valence-electron chi connectivity index (χ3n) is 2.86. The number of thioether (sulfide) groups is 1. The Morgan fingerprint density at radius 2 is 2.08 bits per heavy atom. The summed E-state index contributed by atoms with van der Waals surface area (Å²) >= 11 is 2.01. The van der Waals surface area contributed by atoms with Gasteiger partial charge in [-0.25, -0.2) is 0 Å². The predicted molar refractivity (Wildman–Crippen MR) is 60.1 cm³/mol. The number of rotatable bonds is 6. The van der Waals surface area contributed by atoms with Crippen molar-refractivity contribution in [1.82, 2.24) is 0 Å². The van der Waals surface area contributed by atoms with Crippen molar-refractivity contribution in [3.05, 3.63) is 0 Å². The molecule has 1 rings (SSSR count). The van der Waals surface area contributed by atoms with Crippen LogP contribution in [0.5, 0.6) is 0 Å². The van der Waals surface area contributed by atoms with E-state index in [1.807, 2.05) is 11.8 Å². The van der Waals surface area contributed by atoms with E-state index >= 15 is 0 Å². The summed E-state index contributed by atoms with van der Waals surface area (Å²) in [7, 11) is 0. The second-order valence-corrected chi connectivity index (χ2v) is 5.45. The van der Waals surface area contributed by atoms with E-state index in [2.05, 4.69) is 6.92 Å². The molecule has 78 valence electrons. The summed E-state index contributed by atoms with van der Waals surface area (Å²) < 4.78 is 0. The van der Waals surface area contributed by atoms with Crippen molar-refractivity contribution in [3.8, 4) is 0 Å². The first-order valence-electron chi connectivity index (χ1n) is 5.51. The van der Waals surface area contributed by atoms with Gasteiger partial charge in [0.2, 0.25) is 0 Å². The Kier molecular flexibility index (Phi) is 5.88. The molecule has 0 aromatic heterocycles. The number of hydrogen-bond acceptors (Lipinski definition) is 2. The minimum absolute atomic E-state index is 0.344. The van der Waals surface area contributed by atoms with Gasteiger partial charge in [-0.15, -0.1) is 0 Å². The SMILES string of the molecule is CC(CO)CSCCC1CCCC1. The van der Waals surface area contributed by atoms with Crippen LogP contribution >= 0.6 is 11.8 Å². The van der Waals surface area contributed by atoms with Crippen LogP contribution in [0.3, 0.4) is 0 Å². The van der Waals surface area contributed by atoms with Gasteiger partial charge in [0.15, 0.2) is 0 Å². The van der Waals surface area contributed by atoms with Crippen molar-refractivity contribution in [1.29, 1.82) is 0 Å².